The number of nitrogens with zero attached hydrogens (tertiary/aromatic N) is 2. The van der Waals surface area contributed by atoms with E-state index in [4.69, 9.17) is 9.15 Å². The Balaban J connectivity index is 1.39. The summed E-state index contributed by atoms with van der Waals surface area (Å²) in [5.41, 5.74) is 0. The van der Waals surface area contributed by atoms with Gasteiger partial charge in [-0.3, -0.25) is 4.79 Å². The summed E-state index contributed by atoms with van der Waals surface area (Å²) < 4.78 is 10.5. The molecule has 3 aliphatic heterocycles. The van der Waals surface area contributed by atoms with Crippen molar-refractivity contribution in [1.29, 1.82) is 0 Å². The Morgan fingerprint density at radius 2 is 2.27 bits per heavy atom. The van der Waals surface area contributed by atoms with Crippen LogP contribution in [0.3, 0.4) is 0 Å². The molecule has 3 aliphatic rings. The van der Waals surface area contributed by atoms with Crippen LogP contribution >= 0.6 is 11.3 Å². The van der Waals surface area contributed by atoms with Gasteiger partial charge in [0.25, 0.3) is 5.91 Å². The van der Waals surface area contributed by atoms with Crippen molar-refractivity contribution in [2.24, 2.45) is 5.92 Å². The van der Waals surface area contributed by atoms with Crippen molar-refractivity contribution in [2.75, 3.05) is 19.6 Å². The van der Waals surface area contributed by atoms with Gasteiger partial charge in [0.05, 0.1) is 4.88 Å². The first-order valence-corrected chi connectivity index (χ1v) is 8.29. The van der Waals surface area contributed by atoms with Gasteiger partial charge in [0, 0.05) is 12.6 Å². The van der Waals surface area contributed by atoms with E-state index in [1.807, 2.05) is 0 Å². The summed E-state index contributed by atoms with van der Waals surface area (Å²) in [6, 6.07) is 3.84. The van der Waals surface area contributed by atoms with E-state index in [1.165, 1.54) is 49.9 Å². The second-order valence-corrected chi connectivity index (χ2v) is 6.81. The number of carbonyl (C=O) groups excluding carboxylic acids is 1. The molecule has 5 rings (SSSR count). The van der Waals surface area contributed by atoms with Crippen molar-refractivity contribution in [3.05, 3.63) is 29.6 Å². The van der Waals surface area contributed by atoms with E-state index < -0.39 is 0 Å². The van der Waals surface area contributed by atoms with Gasteiger partial charge in [-0.1, -0.05) is 11.3 Å². The number of fused-ring (bicyclic) bond motifs is 3. The van der Waals surface area contributed by atoms with E-state index in [2.05, 4.69) is 15.2 Å². The largest absolute Gasteiger partial charge is 0.414 e. The topological polar surface area (TPSA) is 67.6 Å². The number of piperidine rings is 3. The summed E-state index contributed by atoms with van der Waals surface area (Å²) in [5.74, 6) is 0.932. The van der Waals surface area contributed by atoms with Gasteiger partial charge in [0.2, 0.25) is 0 Å². The van der Waals surface area contributed by atoms with E-state index in [1.54, 1.807) is 12.1 Å². The predicted octanol–water partition coefficient (Wildman–Crippen LogP) is 2.35. The number of nitrogens with one attached hydrogen (secondary N) is 1. The first kappa shape index (κ1) is 13.8. The maximum atomic E-state index is 12.4. The van der Waals surface area contributed by atoms with Crippen LogP contribution in [0.4, 0.5) is 0 Å². The SMILES string of the molecule is O=C(N[C@H]1CN2CCC1CC2)c1ccc(Oc2cnco2)s1. The highest BCUT2D eigenvalue weighted by atomic mass is 32.1. The van der Waals surface area contributed by atoms with Crippen LogP contribution in [0.2, 0.25) is 0 Å². The molecule has 0 aromatic carbocycles. The molecular weight excluding hydrogens is 302 g/mol. The van der Waals surface area contributed by atoms with Crippen LogP contribution in [0.5, 0.6) is 11.0 Å². The molecule has 7 heteroatoms. The first-order valence-electron chi connectivity index (χ1n) is 7.47. The lowest BCUT2D eigenvalue weighted by Gasteiger charge is -2.44. The van der Waals surface area contributed by atoms with Gasteiger partial charge in [0.15, 0.2) is 11.5 Å². The zero-order chi connectivity index (χ0) is 14.9. The molecule has 6 nitrogen and oxygen atoms in total. The highest BCUT2D eigenvalue weighted by Crippen LogP contribution is 2.31. The molecule has 1 N–H and O–H groups in total. The summed E-state index contributed by atoms with van der Waals surface area (Å²) in [6.07, 6.45) is 5.18. The van der Waals surface area contributed by atoms with Crippen LogP contribution in [0.15, 0.2) is 29.1 Å². The van der Waals surface area contributed by atoms with Gasteiger partial charge in [-0.15, -0.1) is 0 Å². The maximum Gasteiger partial charge on any atom is 0.311 e. The van der Waals surface area contributed by atoms with Crippen molar-refractivity contribution in [3.63, 3.8) is 0 Å². The summed E-state index contributed by atoms with van der Waals surface area (Å²) in [6.45, 7) is 3.32. The maximum absolute atomic E-state index is 12.4. The van der Waals surface area contributed by atoms with Crippen LogP contribution in [-0.4, -0.2) is 41.5 Å². The average molecular weight is 319 g/mol. The van der Waals surface area contributed by atoms with E-state index in [9.17, 15) is 4.79 Å². The van der Waals surface area contributed by atoms with Crippen LogP contribution < -0.4 is 10.1 Å². The molecule has 2 aromatic rings. The molecule has 0 spiro atoms. The Labute approximate surface area is 132 Å². The minimum atomic E-state index is -0.0174. The lowest BCUT2D eigenvalue weighted by atomic mass is 9.84. The third kappa shape index (κ3) is 2.74. The average Bonchev–Trinajstić information content (AvgIpc) is 3.21. The minimum absolute atomic E-state index is 0.0174. The number of rotatable bonds is 4. The quantitative estimate of drug-likeness (QED) is 0.937. The third-order valence-electron chi connectivity index (χ3n) is 4.39. The standard InChI is InChI=1S/C15H17N3O3S/c19-15(17-11-8-18-5-3-10(11)4-6-18)12-1-2-14(22-12)21-13-7-16-9-20-13/h1-2,7,9-11H,3-6,8H2,(H,17,19)/t11-/m0/s1. The number of hydrogen-bond acceptors (Lipinski definition) is 6. The molecule has 0 saturated carbocycles. The molecule has 1 atom stereocenters. The predicted molar refractivity (Wildman–Crippen MR) is 81.3 cm³/mol. The van der Waals surface area contributed by atoms with Gasteiger partial charge in [-0.2, -0.15) is 0 Å². The van der Waals surface area contributed by atoms with E-state index in [0.717, 1.165) is 6.54 Å². The molecule has 0 radical (unpaired) electrons. The Morgan fingerprint density at radius 3 is 2.95 bits per heavy atom. The molecular formula is C15H17N3O3S. The van der Waals surface area contributed by atoms with Crippen LogP contribution in [-0.2, 0) is 0 Å². The molecule has 0 aliphatic carbocycles. The van der Waals surface area contributed by atoms with Gasteiger partial charge in [0.1, 0.15) is 6.20 Å². The lowest BCUT2D eigenvalue weighted by Crippen LogP contribution is -2.57. The van der Waals surface area contributed by atoms with E-state index in [0.29, 0.717) is 21.8 Å². The molecule has 0 unspecified atom stereocenters. The van der Waals surface area contributed by atoms with Crippen molar-refractivity contribution < 1.29 is 13.9 Å². The van der Waals surface area contributed by atoms with Gasteiger partial charge >= 0.3 is 5.95 Å². The van der Waals surface area contributed by atoms with E-state index >= 15 is 0 Å². The van der Waals surface area contributed by atoms with Crippen molar-refractivity contribution in [2.45, 2.75) is 18.9 Å². The number of hydrogen-bond donors (Lipinski definition) is 1. The zero-order valence-corrected chi connectivity index (χ0v) is 12.8. The third-order valence-corrected chi connectivity index (χ3v) is 5.35. The second-order valence-electron chi connectivity index (χ2n) is 5.76. The Morgan fingerprint density at radius 1 is 1.41 bits per heavy atom. The fourth-order valence-electron chi connectivity index (χ4n) is 3.22. The lowest BCUT2D eigenvalue weighted by molar-refractivity contribution is 0.0622. The summed E-state index contributed by atoms with van der Waals surface area (Å²) >= 11 is 1.31. The molecule has 1 amide bonds. The molecule has 2 bridgehead atoms. The Kier molecular flexibility index (Phi) is 3.59. The normalized spacial score (nSPS) is 26.8. The number of oxazole rings is 1. The second kappa shape index (κ2) is 5.73. The minimum Gasteiger partial charge on any atom is -0.414 e. The molecule has 3 fully saturated rings. The molecule has 2 aromatic heterocycles. The monoisotopic (exact) mass is 319 g/mol. The molecule has 5 heterocycles. The van der Waals surface area contributed by atoms with Crippen LogP contribution in [0, 0.1) is 5.92 Å². The molecule has 116 valence electrons. The van der Waals surface area contributed by atoms with Gasteiger partial charge in [-0.05, 0) is 44.0 Å². The van der Waals surface area contributed by atoms with Gasteiger partial charge in [-0.25, -0.2) is 4.98 Å². The molecule has 22 heavy (non-hydrogen) atoms. The van der Waals surface area contributed by atoms with Crippen molar-refractivity contribution in [3.8, 4) is 11.0 Å². The number of aromatic nitrogens is 1. The van der Waals surface area contributed by atoms with Crippen LogP contribution in [0.25, 0.3) is 0 Å². The number of thiophene rings is 1. The summed E-state index contributed by atoms with van der Waals surface area (Å²) in [4.78, 5) is 19.3. The highest BCUT2D eigenvalue weighted by Gasteiger charge is 2.35. The fraction of sp³-hybridized carbons (Fsp3) is 0.467. The zero-order valence-electron chi connectivity index (χ0n) is 12.0. The van der Waals surface area contributed by atoms with Crippen molar-refractivity contribution >= 4 is 17.2 Å². The van der Waals surface area contributed by atoms with Gasteiger partial charge < -0.3 is 19.4 Å². The summed E-state index contributed by atoms with van der Waals surface area (Å²) in [5, 5.41) is 3.80. The van der Waals surface area contributed by atoms with Crippen molar-refractivity contribution in [1.82, 2.24) is 15.2 Å². The Hall–Kier alpha value is -1.86. The number of carbonyl (C=O) groups is 1. The smallest absolute Gasteiger partial charge is 0.311 e. The highest BCUT2D eigenvalue weighted by molar-refractivity contribution is 7.15. The van der Waals surface area contributed by atoms with Crippen LogP contribution in [0.1, 0.15) is 22.5 Å². The summed E-state index contributed by atoms with van der Waals surface area (Å²) in [7, 11) is 0. The number of ether oxygens (including phenoxy) is 1. The number of amides is 1. The Bertz CT molecular complexity index is 647. The van der Waals surface area contributed by atoms with E-state index in [-0.39, 0.29) is 11.9 Å². The fourth-order valence-corrected chi connectivity index (χ4v) is 3.98. The molecule has 3 saturated heterocycles. The first-order chi connectivity index (χ1) is 10.8.